The first-order valence-electron chi connectivity index (χ1n) is 40.5. The van der Waals surface area contributed by atoms with E-state index >= 15 is 0 Å². The lowest BCUT2D eigenvalue weighted by Crippen LogP contribution is -2.42. The third kappa shape index (κ3) is 26.3. The van der Waals surface area contributed by atoms with Gasteiger partial charge in [-0.05, 0) is 97.8 Å². The van der Waals surface area contributed by atoms with Crippen LogP contribution in [0.2, 0.25) is 0 Å². The van der Waals surface area contributed by atoms with Crippen molar-refractivity contribution >= 4 is 107 Å². The zero-order chi connectivity index (χ0) is 94.2. The molecule has 0 N–H and O–H groups in total. The van der Waals surface area contributed by atoms with Crippen LogP contribution >= 0.6 is 0 Å². The highest BCUT2D eigenvalue weighted by molar-refractivity contribution is 5.86. The monoisotopic (exact) mass is 1910 g/mol. The summed E-state index contributed by atoms with van der Waals surface area (Å²) in [6, 6.07) is 0. The molecule has 25 atom stereocenters. The molecule has 740 valence electrons. The van der Waals surface area contributed by atoms with E-state index in [2.05, 4.69) is 37.9 Å². The number of carbonyl (C=O) groups is 18. The highest BCUT2D eigenvalue weighted by atomic mass is 19.3. The van der Waals surface area contributed by atoms with Gasteiger partial charge in [0.15, 0.2) is 32.5 Å². The molecule has 0 aromatic carbocycles. The van der Waals surface area contributed by atoms with Crippen LogP contribution in [0.15, 0.2) is 0 Å². The topological polar surface area (TPSA) is 473 Å². The molecule has 9 saturated carbocycles. The number of ether oxygens (including phenoxy) is 18. The molecule has 48 heteroatoms. The number of hydrogen-bond donors (Lipinski definition) is 0. The molecule has 0 amide bonds. The Morgan fingerprint density at radius 1 is 0.344 bits per heavy atom. The summed E-state index contributed by atoms with van der Waals surface area (Å²) in [5.41, 5.74) is -1.27. The minimum Gasteiger partial charge on any atom is -0.463 e. The Bertz CT molecular complexity index is 4170. The molecule has 0 radical (unpaired) electrons. The van der Waals surface area contributed by atoms with Crippen LogP contribution in [0.4, 0.5) is 52.7 Å². The summed E-state index contributed by atoms with van der Waals surface area (Å²) in [5.74, 6) is -40.3. The van der Waals surface area contributed by atoms with Gasteiger partial charge < -0.3 is 85.3 Å². The van der Waals surface area contributed by atoms with Crippen LogP contribution in [0.5, 0.6) is 0 Å². The smallest absolute Gasteiger partial charge is 0.377 e. The Balaban J connectivity index is 0.000000241. The van der Waals surface area contributed by atoms with Crippen molar-refractivity contribution in [1.82, 2.24) is 0 Å². The lowest BCUT2D eigenvalue weighted by atomic mass is 9.87. The third-order valence-electron chi connectivity index (χ3n) is 24.1. The molecule has 6 saturated heterocycles. The van der Waals surface area contributed by atoms with Gasteiger partial charge in [-0.2, -0.15) is 52.7 Å². The highest BCUT2D eigenvalue weighted by Crippen LogP contribution is 2.59. The van der Waals surface area contributed by atoms with Gasteiger partial charge >= 0.3 is 143 Å². The maximum Gasteiger partial charge on any atom is 0.377 e. The second-order valence-corrected chi connectivity index (χ2v) is 34.7. The Hall–Kier alpha value is -10.4. The maximum atomic E-state index is 12.8. The second-order valence-electron chi connectivity index (χ2n) is 34.7. The summed E-state index contributed by atoms with van der Waals surface area (Å²) in [7, 11) is 0. The number of cyclic esters (lactones) is 1. The van der Waals surface area contributed by atoms with Gasteiger partial charge in [0.2, 0.25) is 0 Å². The van der Waals surface area contributed by atoms with Crippen molar-refractivity contribution in [2.75, 3.05) is 46.2 Å². The van der Waals surface area contributed by atoms with E-state index < -0.39 is 231 Å². The molecule has 15 fully saturated rings. The molecule has 0 aromatic rings. The first-order chi connectivity index (χ1) is 58.8. The summed E-state index contributed by atoms with van der Waals surface area (Å²) in [4.78, 5) is 204. The van der Waals surface area contributed by atoms with E-state index in [1.165, 1.54) is 20.8 Å². The molecule has 131 heavy (non-hydrogen) atoms. The van der Waals surface area contributed by atoms with E-state index in [1.807, 2.05) is 0 Å². The Morgan fingerprint density at radius 2 is 0.656 bits per heavy atom. The molecular formula is C83H108F12O36. The minimum absolute atomic E-state index is 0. The van der Waals surface area contributed by atoms with Crippen LogP contribution in [-0.2, 0) is 172 Å². The standard InChI is InChI=1S/C16H20F2O6.C15H18F2O6.2C13H14F2O6.C12H14F2O6.C10H12F2O6.4CH4/c1-15(2,6-22-14(21)16(3,17)18)13(20)24-10-7-4-8-9(5-7)12(19)23-11(8)10;1-6(5-21-14(20)15(2,16)17)12(18)22-10-7-3-8-9(4-7)13(19)23-11(8)10;2*1-13(14,15)12(18)19-4-8(16)20-9-5-2-6-7(3-5)11(17)21-10(6)9;1-12(13,14)11(17)18-5-9(15)19-7-3-2-6-4-8(7)20-10(6)16;1-10(11,12)9(15)17-5-7(13)18-6-3-2-4-16-8(6)14;;;;/h7-11H,4-6H2,1-3H3;6-11H,3-5H2,1-2H3;2*5-7,9-10H,2-4H2,1H3;6-8H,2-5H2,1H3;6H,2-5H2,1H3;4*1H4. The molecular weight excluding hydrogens is 1800 g/mol. The average Bonchev–Trinajstić information content (AvgIpc) is 1.59. The van der Waals surface area contributed by atoms with E-state index in [0.29, 0.717) is 99.3 Å². The van der Waals surface area contributed by atoms with Crippen LogP contribution in [-0.4, -0.2) is 256 Å². The zero-order valence-corrected chi connectivity index (χ0v) is 69.3. The van der Waals surface area contributed by atoms with Crippen molar-refractivity contribution in [3.8, 4) is 0 Å². The van der Waals surface area contributed by atoms with Gasteiger partial charge in [-0.1, -0.05) is 29.7 Å². The van der Waals surface area contributed by atoms with Crippen molar-refractivity contribution in [3.05, 3.63) is 0 Å². The Kier molecular flexibility index (Phi) is 35.6. The first kappa shape index (κ1) is 109. The predicted molar refractivity (Wildman–Crippen MR) is 404 cm³/mol. The van der Waals surface area contributed by atoms with Gasteiger partial charge in [0.05, 0.1) is 47.5 Å². The van der Waals surface area contributed by atoms with Gasteiger partial charge in [-0.25, -0.2) is 52.7 Å². The second kappa shape index (κ2) is 42.7. The van der Waals surface area contributed by atoms with E-state index in [4.69, 9.17) is 47.4 Å². The van der Waals surface area contributed by atoms with Crippen LogP contribution in [0, 0.1) is 88.3 Å². The van der Waals surface area contributed by atoms with Crippen LogP contribution < -0.4 is 0 Å². The summed E-state index contributed by atoms with van der Waals surface area (Å²) >= 11 is 0. The number of carbonyl (C=O) groups excluding carboxylic acids is 18. The maximum absolute atomic E-state index is 12.8. The Labute approximate surface area is 742 Å². The van der Waals surface area contributed by atoms with E-state index in [0.717, 1.165) is 25.7 Å². The van der Waals surface area contributed by atoms with Gasteiger partial charge in [-0.3, -0.25) is 33.6 Å². The average molecular weight is 1910 g/mol. The SMILES string of the molecule is C.C.C.C.CC(COC(=O)C(C)(F)F)C(=O)OC1C2CC3C(=O)OC1C3C2.CC(F)(F)C(=O)OCC(=O)OC1C2CC3C(=O)OC1C3C2.CC(F)(F)C(=O)OCC(=O)OC1C2CC3C(=O)OC1C3C2.CC(F)(F)C(=O)OCC(=O)OC1CCC2CC1OC2=O.CC(F)(F)C(=O)OCC(=O)OC1CCCOC1=O.CC(F)(F)C(=O)OCC(C)(C)C(=O)OC1C2CC3C(=O)OC1C3C2. The molecule has 0 aromatic heterocycles. The molecule has 0 spiro atoms. The van der Waals surface area contributed by atoms with Crippen molar-refractivity contribution < 1.29 is 224 Å². The fourth-order valence-electron chi connectivity index (χ4n) is 18.0. The van der Waals surface area contributed by atoms with Gasteiger partial charge in [0.25, 0.3) is 0 Å². The van der Waals surface area contributed by atoms with Crippen LogP contribution in [0.1, 0.15) is 175 Å². The molecule has 9 aliphatic carbocycles. The minimum atomic E-state index is -3.68. The Morgan fingerprint density at radius 3 is 1.00 bits per heavy atom. The van der Waals surface area contributed by atoms with Gasteiger partial charge in [-0.15, -0.1) is 0 Å². The normalized spacial score (nSPS) is 31.4. The number of alkyl halides is 12. The largest absolute Gasteiger partial charge is 0.463 e. The van der Waals surface area contributed by atoms with Crippen LogP contribution in [0.3, 0.4) is 0 Å². The van der Waals surface area contributed by atoms with Gasteiger partial charge in [0, 0.05) is 95.3 Å². The third-order valence-corrected chi connectivity index (χ3v) is 24.1. The molecule has 36 nitrogen and oxygen atoms in total. The molecule has 15 rings (SSSR count). The highest BCUT2D eigenvalue weighted by Gasteiger charge is 2.67. The van der Waals surface area contributed by atoms with Gasteiger partial charge in [0.1, 0.15) is 74.3 Å². The van der Waals surface area contributed by atoms with Crippen molar-refractivity contribution in [3.63, 3.8) is 0 Å². The summed E-state index contributed by atoms with van der Waals surface area (Å²) in [6.07, 6.45) is 1.98. The van der Waals surface area contributed by atoms with Crippen LogP contribution in [0.25, 0.3) is 0 Å². The fraction of sp³-hybridized carbons (Fsp3) is 0.783. The van der Waals surface area contributed by atoms with E-state index in [-0.39, 0.29) is 143 Å². The number of rotatable bonds is 26. The fourth-order valence-corrected chi connectivity index (χ4v) is 18.0. The van der Waals surface area contributed by atoms with Crippen molar-refractivity contribution in [2.45, 2.75) is 278 Å². The molecule has 6 heterocycles. The number of esters is 18. The molecule has 6 aliphatic heterocycles. The molecule has 25 unspecified atom stereocenters. The van der Waals surface area contributed by atoms with E-state index in [9.17, 15) is 139 Å². The first-order valence-corrected chi connectivity index (χ1v) is 40.5. The van der Waals surface area contributed by atoms with Crippen molar-refractivity contribution in [2.24, 2.45) is 88.3 Å². The lowest BCUT2D eigenvalue weighted by molar-refractivity contribution is -0.182. The lowest BCUT2D eigenvalue weighted by Gasteiger charge is -2.30. The number of hydrogen-bond acceptors (Lipinski definition) is 36. The quantitative estimate of drug-likeness (QED) is 0.0447. The number of halogens is 12. The summed E-state index contributed by atoms with van der Waals surface area (Å²) in [5, 5.41) is 0. The summed E-state index contributed by atoms with van der Waals surface area (Å²) in [6.45, 7) is 2.35. The zero-order valence-electron chi connectivity index (χ0n) is 69.3. The van der Waals surface area contributed by atoms with Crippen molar-refractivity contribution in [1.29, 1.82) is 0 Å². The van der Waals surface area contributed by atoms with E-state index in [1.54, 1.807) is 0 Å². The predicted octanol–water partition coefficient (Wildman–Crippen LogP) is 8.17. The molecule has 10 bridgehead atoms. The molecule has 15 aliphatic rings. The number of fused-ring (bicyclic) bond motifs is 6. The summed E-state index contributed by atoms with van der Waals surface area (Å²) < 4.78 is 238.